The number of nitro groups is 1. The summed E-state index contributed by atoms with van der Waals surface area (Å²) in [6, 6.07) is 13.1. The van der Waals surface area contributed by atoms with Gasteiger partial charge >= 0.3 is 0 Å². The molecule has 7 nitrogen and oxygen atoms in total. The first-order valence-electron chi connectivity index (χ1n) is 7.71. The maximum atomic E-state index is 12.1. The Morgan fingerprint density at radius 1 is 1.08 bits per heavy atom. The van der Waals surface area contributed by atoms with Gasteiger partial charge in [0.15, 0.2) is 0 Å². The number of sulfonamides is 1. The van der Waals surface area contributed by atoms with E-state index in [2.05, 4.69) is 5.32 Å². The van der Waals surface area contributed by atoms with Crippen molar-refractivity contribution in [3.8, 4) is 0 Å². The van der Waals surface area contributed by atoms with E-state index in [1.54, 1.807) is 36.4 Å². The summed E-state index contributed by atoms with van der Waals surface area (Å²) < 4.78 is 25.3. The van der Waals surface area contributed by atoms with E-state index in [0.717, 1.165) is 11.1 Å². The van der Waals surface area contributed by atoms with E-state index in [1.165, 1.54) is 30.5 Å². The van der Waals surface area contributed by atoms with Crippen molar-refractivity contribution >= 4 is 15.7 Å². The third-order valence-electron chi connectivity index (χ3n) is 3.92. The van der Waals surface area contributed by atoms with Crippen LogP contribution >= 0.6 is 0 Å². The van der Waals surface area contributed by atoms with Crippen molar-refractivity contribution < 1.29 is 13.3 Å². The van der Waals surface area contributed by atoms with Gasteiger partial charge in [-0.05, 0) is 30.2 Å². The molecule has 0 saturated carbocycles. The standard InChI is InChI=1S/C17H21N3O4S/c1-13(18-12-14-4-8-16(9-5-14)20(21)22)15-6-10-17(11-7-15)25(23,24)19(2)3/h4-11,13,18H,12H2,1-3H3. The largest absolute Gasteiger partial charge is 0.306 e. The number of nitro benzene ring substituents is 1. The highest BCUT2D eigenvalue weighted by Crippen LogP contribution is 2.19. The van der Waals surface area contributed by atoms with Crippen LogP contribution in [-0.2, 0) is 16.6 Å². The topological polar surface area (TPSA) is 92.5 Å². The molecule has 1 N–H and O–H groups in total. The molecule has 0 aromatic heterocycles. The van der Waals surface area contributed by atoms with Gasteiger partial charge in [-0.2, -0.15) is 0 Å². The lowest BCUT2D eigenvalue weighted by Crippen LogP contribution is -2.22. The van der Waals surface area contributed by atoms with Gasteiger partial charge in [0.2, 0.25) is 10.0 Å². The summed E-state index contributed by atoms with van der Waals surface area (Å²) in [4.78, 5) is 10.5. The molecule has 2 aromatic rings. The van der Waals surface area contributed by atoms with E-state index < -0.39 is 14.9 Å². The lowest BCUT2D eigenvalue weighted by Gasteiger charge is -2.16. The Bertz CT molecular complexity index is 831. The molecule has 0 fully saturated rings. The lowest BCUT2D eigenvalue weighted by molar-refractivity contribution is -0.384. The summed E-state index contributed by atoms with van der Waals surface area (Å²) in [5, 5.41) is 14.0. The molecule has 0 radical (unpaired) electrons. The Morgan fingerprint density at radius 3 is 2.12 bits per heavy atom. The normalized spacial score (nSPS) is 13.0. The number of nitrogens with zero attached hydrogens (tertiary/aromatic N) is 2. The summed E-state index contributed by atoms with van der Waals surface area (Å²) in [6.07, 6.45) is 0. The van der Waals surface area contributed by atoms with Gasteiger partial charge in [0.25, 0.3) is 5.69 Å². The van der Waals surface area contributed by atoms with E-state index in [4.69, 9.17) is 0 Å². The third kappa shape index (κ3) is 4.62. The molecule has 134 valence electrons. The van der Waals surface area contributed by atoms with Gasteiger partial charge in [-0.1, -0.05) is 24.3 Å². The summed E-state index contributed by atoms with van der Waals surface area (Å²) in [5.74, 6) is 0. The van der Waals surface area contributed by atoms with Crippen LogP contribution in [0.15, 0.2) is 53.4 Å². The average Bonchev–Trinajstić information content (AvgIpc) is 2.60. The van der Waals surface area contributed by atoms with Gasteiger partial charge < -0.3 is 5.32 Å². The zero-order chi connectivity index (χ0) is 18.6. The highest BCUT2D eigenvalue weighted by molar-refractivity contribution is 7.89. The molecule has 25 heavy (non-hydrogen) atoms. The second-order valence-corrected chi connectivity index (χ2v) is 8.03. The predicted molar refractivity (Wildman–Crippen MR) is 95.7 cm³/mol. The van der Waals surface area contributed by atoms with Crippen LogP contribution in [0, 0.1) is 10.1 Å². The van der Waals surface area contributed by atoms with Crippen molar-refractivity contribution in [1.82, 2.24) is 9.62 Å². The van der Waals surface area contributed by atoms with Crippen LogP contribution in [0.1, 0.15) is 24.1 Å². The first-order valence-corrected chi connectivity index (χ1v) is 9.15. The monoisotopic (exact) mass is 363 g/mol. The van der Waals surface area contributed by atoms with Crippen molar-refractivity contribution in [1.29, 1.82) is 0 Å². The van der Waals surface area contributed by atoms with Crippen LogP contribution < -0.4 is 5.32 Å². The highest BCUT2D eigenvalue weighted by Gasteiger charge is 2.17. The lowest BCUT2D eigenvalue weighted by atomic mass is 10.1. The molecule has 0 aliphatic rings. The van der Waals surface area contributed by atoms with Gasteiger partial charge in [-0.3, -0.25) is 10.1 Å². The second kappa shape index (κ2) is 7.73. The molecular weight excluding hydrogens is 342 g/mol. The molecule has 0 aliphatic heterocycles. The summed E-state index contributed by atoms with van der Waals surface area (Å²) >= 11 is 0. The van der Waals surface area contributed by atoms with Crippen molar-refractivity contribution in [2.24, 2.45) is 0 Å². The Kier molecular flexibility index (Phi) is 5.89. The summed E-state index contributed by atoms with van der Waals surface area (Å²) in [6.45, 7) is 2.53. The van der Waals surface area contributed by atoms with Crippen LogP contribution in [-0.4, -0.2) is 31.7 Å². The molecule has 2 aromatic carbocycles. The minimum absolute atomic E-state index is 0.00584. The number of hydrogen-bond acceptors (Lipinski definition) is 5. The Hall–Kier alpha value is -2.29. The quantitative estimate of drug-likeness (QED) is 0.603. The molecule has 0 spiro atoms. The fraction of sp³-hybridized carbons (Fsp3) is 0.294. The number of nitrogens with one attached hydrogen (secondary N) is 1. The number of benzene rings is 2. The van der Waals surface area contributed by atoms with Crippen LogP contribution in [0.4, 0.5) is 5.69 Å². The second-order valence-electron chi connectivity index (χ2n) is 5.88. The van der Waals surface area contributed by atoms with Gasteiger partial charge in [-0.15, -0.1) is 0 Å². The molecule has 0 saturated heterocycles. The van der Waals surface area contributed by atoms with E-state index in [1.807, 2.05) is 6.92 Å². The Balaban J connectivity index is 2.01. The zero-order valence-electron chi connectivity index (χ0n) is 14.3. The van der Waals surface area contributed by atoms with E-state index in [-0.39, 0.29) is 16.6 Å². The average molecular weight is 363 g/mol. The van der Waals surface area contributed by atoms with Crippen molar-refractivity contribution in [3.05, 3.63) is 69.8 Å². The maximum absolute atomic E-state index is 12.1. The first kappa shape index (κ1) is 19.0. The zero-order valence-corrected chi connectivity index (χ0v) is 15.2. The molecule has 0 bridgehead atoms. The van der Waals surface area contributed by atoms with Gasteiger partial charge in [0, 0.05) is 38.8 Å². The molecule has 2 rings (SSSR count). The summed E-state index contributed by atoms with van der Waals surface area (Å²) in [5.41, 5.74) is 1.96. The van der Waals surface area contributed by atoms with E-state index in [9.17, 15) is 18.5 Å². The molecule has 8 heteroatoms. The Morgan fingerprint density at radius 2 is 1.64 bits per heavy atom. The summed E-state index contributed by atoms with van der Waals surface area (Å²) in [7, 11) is -0.433. The van der Waals surface area contributed by atoms with E-state index >= 15 is 0 Å². The maximum Gasteiger partial charge on any atom is 0.269 e. The number of hydrogen-bond donors (Lipinski definition) is 1. The Labute approximate surface area is 147 Å². The third-order valence-corrected chi connectivity index (χ3v) is 5.75. The van der Waals surface area contributed by atoms with Gasteiger partial charge in [0.05, 0.1) is 9.82 Å². The van der Waals surface area contributed by atoms with Crippen LogP contribution in [0.2, 0.25) is 0 Å². The predicted octanol–water partition coefficient (Wildman–Crippen LogP) is 2.70. The van der Waals surface area contributed by atoms with Gasteiger partial charge in [-0.25, -0.2) is 12.7 Å². The fourth-order valence-corrected chi connectivity index (χ4v) is 3.17. The fourth-order valence-electron chi connectivity index (χ4n) is 2.26. The SMILES string of the molecule is CC(NCc1ccc([N+](=O)[O-])cc1)c1ccc(S(=O)(=O)N(C)C)cc1. The molecule has 0 amide bonds. The number of non-ortho nitro benzene ring substituents is 1. The number of rotatable bonds is 7. The first-order chi connectivity index (χ1) is 11.7. The minimum atomic E-state index is -3.43. The van der Waals surface area contributed by atoms with Crippen molar-refractivity contribution in [2.75, 3.05) is 14.1 Å². The van der Waals surface area contributed by atoms with Crippen LogP contribution in [0.5, 0.6) is 0 Å². The van der Waals surface area contributed by atoms with Gasteiger partial charge in [0.1, 0.15) is 0 Å². The molecule has 0 aliphatic carbocycles. The van der Waals surface area contributed by atoms with Crippen molar-refractivity contribution in [2.45, 2.75) is 24.4 Å². The molecule has 1 atom stereocenters. The molecule has 1 unspecified atom stereocenters. The smallest absolute Gasteiger partial charge is 0.269 e. The molecule has 0 heterocycles. The minimum Gasteiger partial charge on any atom is -0.306 e. The highest BCUT2D eigenvalue weighted by atomic mass is 32.2. The van der Waals surface area contributed by atoms with Crippen LogP contribution in [0.25, 0.3) is 0 Å². The molecular formula is C17H21N3O4S. The van der Waals surface area contributed by atoms with Crippen molar-refractivity contribution in [3.63, 3.8) is 0 Å². The van der Waals surface area contributed by atoms with Crippen LogP contribution in [0.3, 0.4) is 0 Å². The van der Waals surface area contributed by atoms with E-state index in [0.29, 0.717) is 6.54 Å².